The number of unbranched alkanes of at least 4 members (excludes halogenated alkanes) is 2. The summed E-state index contributed by atoms with van der Waals surface area (Å²) in [4.78, 5) is 16.6. The van der Waals surface area contributed by atoms with Gasteiger partial charge in [-0.3, -0.25) is 4.79 Å². The molecule has 1 aromatic heterocycles. The van der Waals surface area contributed by atoms with Gasteiger partial charge in [0.2, 0.25) is 0 Å². The minimum Gasteiger partial charge on any atom is -0.360 e. The van der Waals surface area contributed by atoms with Crippen LogP contribution in [0.1, 0.15) is 98.1 Å². The lowest BCUT2D eigenvalue weighted by molar-refractivity contribution is 0.102. The monoisotopic (exact) mass is 515 g/mol. The van der Waals surface area contributed by atoms with Crippen molar-refractivity contribution in [2.24, 2.45) is 0 Å². The molecule has 202 valence electrons. The van der Waals surface area contributed by atoms with Crippen LogP contribution >= 0.6 is 0 Å². The van der Waals surface area contributed by atoms with E-state index in [1.165, 1.54) is 43.7 Å². The summed E-state index contributed by atoms with van der Waals surface area (Å²) in [5, 5.41) is 6.13. The molecule has 3 rings (SSSR count). The van der Waals surface area contributed by atoms with E-state index in [0.29, 0.717) is 22.9 Å². The molecule has 0 spiro atoms. The Hall–Kier alpha value is -3.60. The fraction of sp³-hybridized carbons (Fsp3) is 0.364. The highest BCUT2D eigenvalue weighted by molar-refractivity contribution is 6.06. The van der Waals surface area contributed by atoms with Crippen molar-refractivity contribution < 1.29 is 9.18 Å². The van der Waals surface area contributed by atoms with E-state index in [0.717, 1.165) is 35.5 Å². The molecule has 0 saturated carbocycles. The number of anilines is 2. The first-order valence-electron chi connectivity index (χ1n) is 13.9. The van der Waals surface area contributed by atoms with Crippen LogP contribution in [0, 0.1) is 12.7 Å². The molecular formula is C33H42FN3O. The van der Waals surface area contributed by atoms with E-state index in [1.54, 1.807) is 24.3 Å². The van der Waals surface area contributed by atoms with E-state index in [-0.39, 0.29) is 11.7 Å². The molecule has 2 aromatic carbocycles. The molecule has 0 aliphatic rings. The molecule has 0 saturated heterocycles. The second-order valence-corrected chi connectivity index (χ2v) is 9.89. The highest BCUT2D eigenvalue weighted by atomic mass is 19.1. The second-order valence-electron chi connectivity index (χ2n) is 9.89. The molecule has 0 fully saturated rings. The summed E-state index contributed by atoms with van der Waals surface area (Å²) in [6, 6.07) is 14.6. The fourth-order valence-electron chi connectivity index (χ4n) is 4.84. The second kappa shape index (κ2) is 14.4. The molecule has 0 aliphatic carbocycles. The average molecular weight is 516 g/mol. The van der Waals surface area contributed by atoms with E-state index in [1.807, 2.05) is 32.1 Å². The zero-order valence-corrected chi connectivity index (χ0v) is 23.3. The topological polar surface area (TPSA) is 56.9 Å². The van der Waals surface area contributed by atoms with Crippen molar-refractivity contribution in [3.8, 4) is 0 Å². The lowest BCUT2D eigenvalue weighted by Gasteiger charge is -2.17. The van der Waals surface area contributed by atoms with Gasteiger partial charge < -0.3 is 15.6 Å². The number of benzene rings is 2. The van der Waals surface area contributed by atoms with E-state index in [4.69, 9.17) is 0 Å². The largest absolute Gasteiger partial charge is 0.360 e. The molecule has 4 nitrogen and oxygen atoms in total. The number of nitrogens with one attached hydrogen (secondary N) is 3. The minimum absolute atomic E-state index is 0.138. The number of hydrogen-bond donors (Lipinski definition) is 3. The van der Waals surface area contributed by atoms with Crippen molar-refractivity contribution in [3.63, 3.8) is 0 Å². The highest BCUT2D eigenvalue weighted by Gasteiger charge is 2.17. The summed E-state index contributed by atoms with van der Waals surface area (Å²) >= 11 is 0. The number of aromatic nitrogens is 1. The number of carbonyl (C=O) groups is 1. The Kier molecular flexibility index (Phi) is 11.0. The first-order valence-corrected chi connectivity index (χ1v) is 13.9. The predicted molar refractivity (Wildman–Crippen MR) is 159 cm³/mol. The summed E-state index contributed by atoms with van der Waals surface area (Å²) in [7, 11) is 0. The Bertz CT molecular complexity index is 1240. The van der Waals surface area contributed by atoms with Gasteiger partial charge in [0.1, 0.15) is 5.82 Å². The Morgan fingerprint density at radius 1 is 1.00 bits per heavy atom. The van der Waals surface area contributed by atoms with E-state index in [2.05, 4.69) is 48.2 Å². The molecule has 0 bridgehead atoms. The molecule has 1 atom stereocenters. The van der Waals surface area contributed by atoms with Crippen LogP contribution in [0.5, 0.6) is 0 Å². The Balaban J connectivity index is 1.75. The maximum atomic E-state index is 14.0. The summed E-state index contributed by atoms with van der Waals surface area (Å²) in [5.74, 6) is 0.0702. The van der Waals surface area contributed by atoms with Crippen LogP contribution in [0.15, 0.2) is 66.9 Å². The summed E-state index contributed by atoms with van der Waals surface area (Å²) in [5.41, 5.74) is 6.40. The number of aryl methyl sites for hydroxylation is 2. The number of halogens is 1. The molecule has 1 amide bonds. The number of carbonyl (C=O) groups excluding carboxylic acids is 1. The van der Waals surface area contributed by atoms with Crippen LogP contribution in [0.3, 0.4) is 0 Å². The third-order valence-electron chi connectivity index (χ3n) is 6.96. The first kappa shape index (κ1) is 29.0. The molecule has 3 aromatic rings. The summed E-state index contributed by atoms with van der Waals surface area (Å²) in [6.45, 7) is 12.5. The van der Waals surface area contributed by atoms with Gasteiger partial charge in [-0.1, -0.05) is 77.3 Å². The van der Waals surface area contributed by atoms with Crippen LogP contribution in [-0.2, 0) is 6.42 Å². The SMILES string of the molecule is C=C(/C=C\c1c(C)[nH]c(CC)c1NC(=O)c1ccc(C(CCC)CCCCC)cc1)Nc1ccccc1F. The van der Waals surface area contributed by atoms with E-state index in [9.17, 15) is 9.18 Å². The lowest BCUT2D eigenvalue weighted by atomic mass is 9.89. The zero-order chi connectivity index (χ0) is 27.5. The standard InChI is InChI=1S/C33H42FN3O/c1-6-9-10-14-25(13-7-2)26-18-20-27(21-19-26)33(38)37-32-28(24(5)36-30(32)8-3)22-17-23(4)35-31-16-12-11-15-29(31)34/h11-12,15-22,25,35-36H,4,6-10,13-14H2,1-3,5H3,(H,37,38)/b22-17-. The number of hydrogen-bond acceptors (Lipinski definition) is 2. The smallest absolute Gasteiger partial charge is 0.255 e. The zero-order valence-electron chi connectivity index (χ0n) is 23.3. The molecule has 3 N–H and O–H groups in total. The predicted octanol–water partition coefficient (Wildman–Crippen LogP) is 9.38. The third-order valence-corrected chi connectivity index (χ3v) is 6.96. The number of H-pyrrole nitrogens is 1. The summed E-state index contributed by atoms with van der Waals surface area (Å²) in [6.07, 6.45) is 11.7. The minimum atomic E-state index is -0.339. The molecular weight excluding hydrogens is 473 g/mol. The van der Waals surface area contributed by atoms with Gasteiger partial charge in [0.05, 0.1) is 11.4 Å². The molecule has 38 heavy (non-hydrogen) atoms. The van der Waals surface area contributed by atoms with Crippen molar-refractivity contribution in [2.45, 2.75) is 78.6 Å². The number of allylic oxidation sites excluding steroid dienone is 1. The quantitative estimate of drug-likeness (QED) is 0.148. The molecule has 1 heterocycles. The number of para-hydroxylation sites is 1. The average Bonchev–Trinajstić information content (AvgIpc) is 3.22. The lowest BCUT2D eigenvalue weighted by Crippen LogP contribution is -2.13. The van der Waals surface area contributed by atoms with Crippen molar-refractivity contribution in [1.29, 1.82) is 0 Å². The molecule has 1 unspecified atom stereocenters. The molecule has 0 radical (unpaired) electrons. The van der Waals surface area contributed by atoms with Gasteiger partial charge in [0.25, 0.3) is 5.91 Å². The van der Waals surface area contributed by atoms with Crippen LogP contribution in [0.4, 0.5) is 15.8 Å². The number of aromatic amines is 1. The normalized spacial score (nSPS) is 12.0. The number of amides is 1. The van der Waals surface area contributed by atoms with Gasteiger partial charge in [-0.2, -0.15) is 0 Å². The van der Waals surface area contributed by atoms with Crippen LogP contribution in [0.25, 0.3) is 6.08 Å². The van der Waals surface area contributed by atoms with Crippen LogP contribution < -0.4 is 10.6 Å². The van der Waals surface area contributed by atoms with Gasteiger partial charge in [-0.15, -0.1) is 0 Å². The van der Waals surface area contributed by atoms with Gasteiger partial charge in [0.15, 0.2) is 0 Å². The van der Waals surface area contributed by atoms with E-state index >= 15 is 0 Å². The van der Waals surface area contributed by atoms with Gasteiger partial charge >= 0.3 is 0 Å². The Morgan fingerprint density at radius 2 is 1.74 bits per heavy atom. The van der Waals surface area contributed by atoms with Gasteiger partial charge in [-0.25, -0.2) is 4.39 Å². The van der Waals surface area contributed by atoms with Crippen molar-refractivity contribution in [2.75, 3.05) is 10.6 Å². The maximum absolute atomic E-state index is 14.0. The van der Waals surface area contributed by atoms with Gasteiger partial charge in [0, 0.05) is 28.2 Å². The third kappa shape index (κ3) is 7.70. The fourth-order valence-corrected chi connectivity index (χ4v) is 4.84. The maximum Gasteiger partial charge on any atom is 0.255 e. The Labute approximate surface area is 227 Å². The first-order chi connectivity index (χ1) is 18.4. The van der Waals surface area contributed by atoms with Crippen LogP contribution in [0.2, 0.25) is 0 Å². The number of rotatable bonds is 14. The van der Waals surface area contributed by atoms with Crippen LogP contribution in [-0.4, -0.2) is 10.9 Å². The Morgan fingerprint density at radius 3 is 2.39 bits per heavy atom. The summed E-state index contributed by atoms with van der Waals surface area (Å²) < 4.78 is 14.0. The van der Waals surface area contributed by atoms with Crippen molar-refractivity contribution >= 4 is 23.4 Å². The van der Waals surface area contributed by atoms with Crippen molar-refractivity contribution in [1.82, 2.24) is 4.98 Å². The molecule has 5 heteroatoms. The highest BCUT2D eigenvalue weighted by Crippen LogP contribution is 2.30. The van der Waals surface area contributed by atoms with E-state index < -0.39 is 0 Å². The van der Waals surface area contributed by atoms with Gasteiger partial charge in [-0.05, 0) is 74.1 Å². The molecule has 0 aliphatic heterocycles. The van der Waals surface area contributed by atoms with Crippen molar-refractivity contribution in [3.05, 3.63) is 101 Å².